The molecular formula is C19H17N3O5. The first-order valence-corrected chi connectivity index (χ1v) is 8.25. The maximum absolute atomic E-state index is 12.5. The minimum Gasteiger partial charge on any atom is -0.418 e. The molecule has 0 aliphatic rings. The van der Waals surface area contributed by atoms with Gasteiger partial charge in [-0.15, -0.1) is 0 Å². The SMILES string of the molecule is CC(C)NC(=O)c1ccccc1Nc1c([N+](=O)[O-])c(=O)oc2ccccc12. The number of nitrogens with zero attached hydrogens (tertiary/aromatic N) is 1. The third-order valence-electron chi connectivity index (χ3n) is 3.82. The number of nitro groups is 1. The highest BCUT2D eigenvalue weighted by atomic mass is 16.6. The van der Waals surface area contributed by atoms with Gasteiger partial charge >= 0.3 is 11.3 Å². The van der Waals surface area contributed by atoms with Gasteiger partial charge in [-0.05, 0) is 38.1 Å². The molecule has 2 N–H and O–H groups in total. The molecular weight excluding hydrogens is 350 g/mol. The van der Waals surface area contributed by atoms with Gasteiger partial charge in [0.2, 0.25) is 0 Å². The highest BCUT2D eigenvalue weighted by Crippen LogP contribution is 2.33. The number of amides is 1. The number of carbonyl (C=O) groups is 1. The molecule has 1 aromatic heterocycles. The molecule has 3 rings (SSSR count). The summed E-state index contributed by atoms with van der Waals surface area (Å²) in [7, 11) is 0. The van der Waals surface area contributed by atoms with Crippen molar-refractivity contribution in [2.45, 2.75) is 19.9 Å². The molecule has 0 saturated heterocycles. The largest absolute Gasteiger partial charge is 0.418 e. The maximum atomic E-state index is 12.5. The number of anilines is 2. The maximum Gasteiger partial charge on any atom is 0.417 e. The number of para-hydroxylation sites is 2. The Morgan fingerprint density at radius 1 is 1.11 bits per heavy atom. The van der Waals surface area contributed by atoms with E-state index in [1.807, 2.05) is 13.8 Å². The zero-order valence-corrected chi connectivity index (χ0v) is 14.7. The van der Waals surface area contributed by atoms with Gasteiger partial charge in [0.25, 0.3) is 5.91 Å². The third-order valence-corrected chi connectivity index (χ3v) is 3.82. The third kappa shape index (κ3) is 3.64. The molecule has 138 valence electrons. The zero-order valence-electron chi connectivity index (χ0n) is 14.7. The quantitative estimate of drug-likeness (QED) is 0.405. The Bertz CT molecular complexity index is 1090. The molecule has 3 aromatic rings. The smallest absolute Gasteiger partial charge is 0.417 e. The van der Waals surface area contributed by atoms with E-state index in [0.717, 1.165) is 0 Å². The average Bonchev–Trinajstić information content (AvgIpc) is 2.61. The predicted molar refractivity (Wildman–Crippen MR) is 101 cm³/mol. The molecule has 0 spiro atoms. The van der Waals surface area contributed by atoms with Gasteiger partial charge in [0.15, 0.2) is 0 Å². The minimum absolute atomic E-state index is 0.0170. The van der Waals surface area contributed by atoms with Crippen molar-refractivity contribution in [3.05, 3.63) is 74.6 Å². The van der Waals surface area contributed by atoms with Crippen LogP contribution < -0.4 is 16.3 Å². The van der Waals surface area contributed by atoms with Crippen LogP contribution in [0.2, 0.25) is 0 Å². The molecule has 0 unspecified atom stereocenters. The summed E-state index contributed by atoms with van der Waals surface area (Å²) >= 11 is 0. The molecule has 0 bridgehead atoms. The van der Waals surface area contributed by atoms with Gasteiger partial charge in [-0.25, -0.2) is 4.79 Å². The van der Waals surface area contributed by atoms with Crippen molar-refractivity contribution in [3.63, 3.8) is 0 Å². The molecule has 1 amide bonds. The summed E-state index contributed by atoms with van der Waals surface area (Å²) in [5, 5.41) is 17.5. The van der Waals surface area contributed by atoms with Crippen LogP contribution in [0, 0.1) is 10.1 Å². The Hall–Kier alpha value is -3.68. The van der Waals surface area contributed by atoms with E-state index in [1.165, 1.54) is 0 Å². The monoisotopic (exact) mass is 367 g/mol. The second-order valence-electron chi connectivity index (χ2n) is 6.17. The lowest BCUT2D eigenvalue weighted by molar-refractivity contribution is -0.386. The van der Waals surface area contributed by atoms with E-state index < -0.39 is 16.2 Å². The van der Waals surface area contributed by atoms with Gasteiger partial charge in [0, 0.05) is 11.4 Å². The molecule has 0 fully saturated rings. The van der Waals surface area contributed by atoms with E-state index in [9.17, 15) is 19.7 Å². The Kier molecular flexibility index (Phi) is 4.89. The van der Waals surface area contributed by atoms with Crippen molar-refractivity contribution >= 4 is 33.9 Å². The van der Waals surface area contributed by atoms with Gasteiger partial charge in [0.05, 0.1) is 16.2 Å². The molecule has 8 heteroatoms. The molecule has 8 nitrogen and oxygen atoms in total. The number of rotatable bonds is 5. The van der Waals surface area contributed by atoms with Crippen molar-refractivity contribution in [2.75, 3.05) is 5.32 Å². The summed E-state index contributed by atoms with van der Waals surface area (Å²) in [4.78, 5) is 35.2. The summed E-state index contributed by atoms with van der Waals surface area (Å²) < 4.78 is 5.05. The number of fused-ring (bicyclic) bond motifs is 1. The summed E-state index contributed by atoms with van der Waals surface area (Å²) in [5.41, 5.74) is -0.943. The first kappa shape index (κ1) is 18.1. The van der Waals surface area contributed by atoms with Crippen LogP contribution in [-0.2, 0) is 0 Å². The lowest BCUT2D eigenvalue weighted by Gasteiger charge is -2.14. The Balaban J connectivity index is 2.18. The van der Waals surface area contributed by atoms with Crippen LogP contribution in [0.15, 0.2) is 57.7 Å². The zero-order chi connectivity index (χ0) is 19.6. The molecule has 0 aliphatic carbocycles. The molecule has 27 heavy (non-hydrogen) atoms. The van der Waals surface area contributed by atoms with Crippen molar-refractivity contribution in [1.82, 2.24) is 5.32 Å². The van der Waals surface area contributed by atoms with Crippen LogP contribution in [0.1, 0.15) is 24.2 Å². The highest BCUT2D eigenvalue weighted by molar-refractivity contribution is 6.03. The second-order valence-corrected chi connectivity index (χ2v) is 6.17. The number of hydrogen-bond acceptors (Lipinski definition) is 6. The number of carbonyl (C=O) groups excluding carboxylic acids is 1. The normalized spacial score (nSPS) is 10.8. The lowest BCUT2D eigenvalue weighted by atomic mass is 10.1. The van der Waals surface area contributed by atoms with Crippen molar-refractivity contribution < 1.29 is 14.1 Å². The van der Waals surface area contributed by atoms with Gasteiger partial charge in [0.1, 0.15) is 11.3 Å². The molecule has 0 radical (unpaired) electrons. The first-order chi connectivity index (χ1) is 12.9. The minimum atomic E-state index is -1.06. The van der Waals surface area contributed by atoms with E-state index in [0.29, 0.717) is 16.6 Å². The van der Waals surface area contributed by atoms with Gasteiger partial charge in [-0.1, -0.05) is 24.3 Å². The van der Waals surface area contributed by atoms with E-state index in [1.54, 1.807) is 48.5 Å². The fourth-order valence-electron chi connectivity index (χ4n) is 2.70. The Morgan fingerprint density at radius 2 is 1.78 bits per heavy atom. The summed E-state index contributed by atoms with van der Waals surface area (Å²) in [5.74, 6) is -0.331. The van der Waals surface area contributed by atoms with Crippen LogP contribution in [-0.4, -0.2) is 16.9 Å². The highest BCUT2D eigenvalue weighted by Gasteiger charge is 2.26. The number of benzene rings is 2. The summed E-state index contributed by atoms with van der Waals surface area (Å²) in [6.07, 6.45) is 0. The fourth-order valence-corrected chi connectivity index (χ4v) is 2.70. The van der Waals surface area contributed by atoms with Crippen molar-refractivity contribution in [3.8, 4) is 0 Å². The van der Waals surface area contributed by atoms with Crippen LogP contribution in [0.4, 0.5) is 17.1 Å². The number of hydrogen-bond donors (Lipinski definition) is 2. The van der Waals surface area contributed by atoms with Crippen LogP contribution in [0.3, 0.4) is 0 Å². The van der Waals surface area contributed by atoms with Gasteiger partial charge < -0.3 is 15.1 Å². The van der Waals surface area contributed by atoms with E-state index in [4.69, 9.17) is 4.42 Å². The predicted octanol–water partition coefficient (Wildman–Crippen LogP) is 3.58. The van der Waals surface area contributed by atoms with Crippen LogP contribution in [0.5, 0.6) is 0 Å². The van der Waals surface area contributed by atoms with Gasteiger partial charge in [-0.2, -0.15) is 0 Å². The average molecular weight is 367 g/mol. The molecule has 0 saturated carbocycles. The van der Waals surface area contributed by atoms with Gasteiger partial charge in [-0.3, -0.25) is 14.9 Å². The van der Waals surface area contributed by atoms with Crippen LogP contribution >= 0.6 is 0 Å². The molecule has 0 aliphatic heterocycles. The van der Waals surface area contributed by atoms with E-state index in [-0.39, 0.29) is 23.2 Å². The fraction of sp³-hybridized carbons (Fsp3) is 0.158. The first-order valence-electron chi connectivity index (χ1n) is 8.25. The Morgan fingerprint density at radius 3 is 2.48 bits per heavy atom. The standard InChI is InChI=1S/C19H17N3O5/c1-11(2)20-18(23)12-7-3-5-9-14(12)21-16-13-8-4-6-10-15(13)27-19(24)17(16)22(25)26/h3-11,21H,1-2H3,(H,20,23). The lowest BCUT2D eigenvalue weighted by Crippen LogP contribution is -2.30. The Labute approximate surface area is 154 Å². The molecule has 1 heterocycles. The summed E-state index contributed by atoms with van der Waals surface area (Å²) in [6, 6.07) is 13.0. The number of nitrogens with one attached hydrogen (secondary N) is 2. The molecule has 2 aromatic carbocycles. The van der Waals surface area contributed by atoms with E-state index >= 15 is 0 Å². The van der Waals surface area contributed by atoms with Crippen molar-refractivity contribution in [1.29, 1.82) is 0 Å². The van der Waals surface area contributed by atoms with Crippen LogP contribution in [0.25, 0.3) is 11.0 Å². The summed E-state index contributed by atoms with van der Waals surface area (Å²) in [6.45, 7) is 3.66. The second kappa shape index (κ2) is 7.28. The molecule has 0 atom stereocenters. The van der Waals surface area contributed by atoms with E-state index in [2.05, 4.69) is 10.6 Å². The topological polar surface area (TPSA) is 114 Å². The van der Waals surface area contributed by atoms with Crippen molar-refractivity contribution in [2.24, 2.45) is 0 Å².